The summed E-state index contributed by atoms with van der Waals surface area (Å²) in [6, 6.07) is 3.45. The summed E-state index contributed by atoms with van der Waals surface area (Å²) in [6.07, 6.45) is 5.58. The molecule has 0 spiro atoms. The van der Waals surface area contributed by atoms with Gasteiger partial charge in [-0.3, -0.25) is 14.6 Å². The number of carbonyl (C=O) groups is 2. The fraction of sp³-hybridized carbons (Fsp3) is 0.400. The Kier molecular flexibility index (Phi) is 4.17. The number of carbonyl (C=O) groups excluding carboxylic acids is 1. The van der Waals surface area contributed by atoms with Crippen molar-refractivity contribution in [1.29, 1.82) is 0 Å². The molecular formula is C15H18N2O3. The number of hydrogen-bond donors (Lipinski definition) is 2. The third-order valence-electron chi connectivity index (χ3n) is 3.64. The molecular weight excluding hydrogens is 256 g/mol. The van der Waals surface area contributed by atoms with Crippen molar-refractivity contribution in [2.45, 2.75) is 20.3 Å². The zero-order valence-electron chi connectivity index (χ0n) is 11.5. The summed E-state index contributed by atoms with van der Waals surface area (Å²) in [5.41, 5.74) is 1.64. The second-order valence-electron chi connectivity index (χ2n) is 5.28. The van der Waals surface area contributed by atoms with Crippen molar-refractivity contribution >= 4 is 17.6 Å². The Labute approximate surface area is 117 Å². The van der Waals surface area contributed by atoms with Crippen molar-refractivity contribution in [2.75, 3.05) is 5.32 Å². The Morgan fingerprint density at radius 3 is 2.80 bits per heavy atom. The van der Waals surface area contributed by atoms with Crippen molar-refractivity contribution in [3.8, 4) is 0 Å². The smallest absolute Gasteiger partial charge is 0.307 e. The molecule has 1 aliphatic carbocycles. The maximum absolute atomic E-state index is 12.3. The molecule has 1 amide bonds. The lowest BCUT2D eigenvalue weighted by Gasteiger charge is -2.31. The van der Waals surface area contributed by atoms with E-state index < -0.39 is 17.8 Å². The van der Waals surface area contributed by atoms with Crippen molar-refractivity contribution in [3.63, 3.8) is 0 Å². The predicted molar refractivity (Wildman–Crippen MR) is 75.0 cm³/mol. The number of hydrogen-bond acceptors (Lipinski definition) is 3. The van der Waals surface area contributed by atoms with Crippen LogP contribution in [0.3, 0.4) is 0 Å². The number of aliphatic carboxylic acids is 1. The van der Waals surface area contributed by atoms with Crippen molar-refractivity contribution < 1.29 is 14.7 Å². The minimum Gasteiger partial charge on any atom is -0.481 e. The predicted octanol–water partition coefficient (Wildman–Crippen LogP) is 2.32. The molecule has 0 fully saturated rings. The number of anilines is 1. The molecule has 0 radical (unpaired) electrons. The van der Waals surface area contributed by atoms with Gasteiger partial charge in [0.1, 0.15) is 0 Å². The lowest BCUT2D eigenvalue weighted by molar-refractivity contribution is -0.148. The molecule has 3 atom stereocenters. The van der Waals surface area contributed by atoms with Gasteiger partial charge in [-0.1, -0.05) is 18.6 Å². The Hall–Kier alpha value is -2.17. The first-order chi connectivity index (χ1) is 9.49. The van der Waals surface area contributed by atoms with Crippen LogP contribution >= 0.6 is 0 Å². The van der Waals surface area contributed by atoms with Gasteiger partial charge in [-0.25, -0.2) is 0 Å². The summed E-state index contributed by atoms with van der Waals surface area (Å²) >= 11 is 0. The summed E-state index contributed by atoms with van der Waals surface area (Å²) in [6.45, 7) is 3.77. The third-order valence-corrected chi connectivity index (χ3v) is 3.64. The number of rotatable bonds is 3. The minimum atomic E-state index is -0.924. The molecule has 0 aliphatic heterocycles. The lowest BCUT2D eigenvalue weighted by atomic mass is 9.73. The van der Waals surface area contributed by atoms with Gasteiger partial charge >= 0.3 is 5.97 Å². The first kappa shape index (κ1) is 14.2. The number of nitrogens with zero attached hydrogens (tertiary/aromatic N) is 1. The normalized spacial score (nSPS) is 25.7. The van der Waals surface area contributed by atoms with Crippen LogP contribution in [0.1, 0.15) is 20.3 Å². The summed E-state index contributed by atoms with van der Waals surface area (Å²) in [4.78, 5) is 27.7. The van der Waals surface area contributed by atoms with Crippen LogP contribution in [0, 0.1) is 17.8 Å². The van der Waals surface area contributed by atoms with Crippen LogP contribution in [0.2, 0.25) is 0 Å². The van der Waals surface area contributed by atoms with E-state index in [2.05, 4.69) is 10.3 Å². The minimum absolute atomic E-state index is 0.147. The van der Waals surface area contributed by atoms with Gasteiger partial charge in [-0.15, -0.1) is 0 Å². The molecule has 2 N–H and O–H groups in total. The Balaban J connectivity index is 2.18. The van der Waals surface area contributed by atoms with Crippen LogP contribution in [0.5, 0.6) is 0 Å². The second-order valence-corrected chi connectivity index (χ2v) is 5.28. The van der Waals surface area contributed by atoms with Gasteiger partial charge in [-0.05, 0) is 31.4 Å². The van der Waals surface area contributed by atoms with Crippen LogP contribution in [-0.2, 0) is 9.59 Å². The molecule has 1 aromatic rings. The molecule has 20 heavy (non-hydrogen) atoms. The standard InChI is InChI=1S/C15H18N2O3/c1-9-6-10(2)13(15(19)20)12(7-9)14(18)17-11-4-3-5-16-8-11/h3-6,8,10,12-13H,7H2,1-2H3,(H,17,18)(H,19,20)/t10-,12+,13-/m0/s1. The topological polar surface area (TPSA) is 79.3 Å². The molecule has 2 rings (SSSR count). The summed E-state index contributed by atoms with van der Waals surface area (Å²) < 4.78 is 0. The molecule has 5 heteroatoms. The molecule has 5 nitrogen and oxygen atoms in total. The highest BCUT2D eigenvalue weighted by Gasteiger charge is 2.39. The van der Waals surface area contributed by atoms with Crippen molar-refractivity contribution in [1.82, 2.24) is 4.98 Å². The quantitative estimate of drug-likeness (QED) is 0.829. The number of carboxylic acids is 1. The third kappa shape index (κ3) is 3.04. The van der Waals surface area contributed by atoms with Crippen LogP contribution in [0.4, 0.5) is 5.69 Å². The van der Waals surface area contributed by atoms with Crippen molar-refractivity contribution in [2.24, 2.45) is 17.8 Å². The highest BCUT2D eigenvalue weighted by Crippen LogP contribution is 2.34. The van der Waals surface area contributed by atoms with Gasteiger partial charge in [0.2, 0.25) is 5.91 Å². The van der Waals surface area contributed by atoms with E-state index in [1.54, 1.807) is 24.5 Å². The lowest BCUT2D eigenvalue weighted by Crippen LogP contribution is -2.39. The highest BCUT2D eigenvalue weighted by atomic mass is 16.4. The molecule has 1 aliphatic rings. The van der Waals surface area contributed by atoms with Crippen LogP contribution in [-0.4, -0.2) is 22.0 Å². The molecule has 0 saturated carbocycles. The average molecular weight is 274 g/mol. The maximum atomic E-state index is 12.3. The largest absolute Gasteiger partial charge is 0.481 e. The first-order valence-electron chi connectivity index (χ1n) is 6.60. The van der Waals surface area contributed by atoms with Crippen LogP contribution in [0.25, 0.3) is 0 Å². The van der Waals surface area contributed by atoms with Gasteiger partial charge in [0.05, 0.1) is 23.7 Å². The van der Waals surface area contributed by atoms with Gasteiger partial charge in [-0.2, -0.15) is 0 Å². The van der Waals surface area contributed by atoms with Gasteiger partial charge < -0.3 is 10.4 Å². The fourth-order valence-electron chi connectivity index (χ4n) is 2.79. The number of nitrogens with one attached hydrogen (secondary N) is 1. The average Bonchev–Trinajstić information content (AvgIpc) is 2.38. The maximum Gasteiger partial charge on any atom is 0.307 e. The number of carboxylic acid groups (broad SMARTS) is 1. The second kappa shape index (κ2) is 5.86. The van der Waals surface area contributed by atoms with E-state index in [1.807, 2.05) is 19.9 Å². The first-order valence-corrected chi connectivity index (χ1v) is 6.60. The van der Waals surface area contributed by atoms with E-state index in [9.17, 15) is 14.7 Å². The molecule has 0 bridgehead atoms. The molecule has 0 saturated heterocycles. The molecule has 1 heterocycles. The number of allylic oxidation sites excluding steroid dienone is 2. The Morgan fingerprint density at radius 2 is 2.20 bits per heavy atom. The van der Waals surface area contributed by atoms with E-state index in [0.29, 0.717) is 12.1 Å². The molecule has 1 aromatic heterocycles. The Morgan fingerprint density at radius 1 is 1.45 bits per heavy atom. The number of aromatic nitrogens is 1. The van der Waals surface area contributed by atoms with E-state index in [-0.39, 0.29) is 11.8 Å². The van der Waals surface area contributed by atoms with Gasteiger partial charge in [0, 0.05) is 6.20 Å². The van der Waals surface area contributed by atoms with Gasteiger partial charge in [0.25, 0.3) is 0 Å². The Bertz CT molecular complexity index is 539. The van der Waals surface area contributed by atoms with Crippen molar-refractivity contribution in [3.05, 3.63) is 36.2 Å². The molecule has 106 valence electrons. The van der Waals surface area contributed by atoms with E-state index >= 15 is 0 Å². The SMILES string of the molecule is CC1=C[C@H](C)[C@H](C(=O)O)[C@H](C(=O)Nc2cccnc2)C1. The summed E-state index contributed by atoms with van der Waals surface area (Å²) in [5, 5.41) is 12.1. The summed E-state index contributed by atoms with van der Waals surface area (Å²) in [5.74, 6) is -2.56. The van der Waals surface area contributed by atoms with E-state index in [1.165, 1.54) is 0 Å². The molecule has 0 unspecified atom stereocenters. The zero-order chi connectivity index (χ0) is 14.7. The van der Waals surface area contributed by atoms with E-state index in [0.717, 1.165) is 5.57 Å². The van der Waals surface area contributed by atoms with Gasteiger partial charge in [0.15, 0.2) is 0 Å². The highest BCUT2D eigenvalue weighted by molar-refractivity contribution is 5.95. The van der Waals surface area contributed by atoms with E-state index in [4.69, 9.17) is 0 Å². The fourth-order valence-corrected chi connectivity index (χ4v) is 2.79. The number of pyridine rings is 1. The summed E-state index contributed by atoms with van der Waals surface area (Å²) in [7, 11) is 0. The van der Waals surface area contributed by atoms with Crippen LogP contribution < -0.4 is 5.32 Å². The van der Waals surface area contributed by atoms with Crippen LogP contribution in [0.15, 0.2) is 36.2 Å². The number of amides is 1. The zero-order valence-corrected chi connectivity index (χ0v) is 11.5. The monoisotopic (exact) mass is 274 g/mol. The molecule has 0 aromatic carbocycles.